The third kappa shape index (κ3) is 5.58. The molecular weight excluding hydrogens is 423 g/mol. The van der Waals surface area contributed by atoms with Crippen molar-refractivity contribution in [2.75, 3.05) is 36.0 Å². The number of anilines is 2. The van der Waals surface area contributed by atoms with Gasteiger partial charge in [0.05, 0.1) is 11.4 Å². The smallest absolute Gasteiger partial charge is 0.252 e. The van der Waals surface area contributed by atoms with Gasteiger partial charge in [0.15, 0.2) is 0 Å². The molecule has 0 aliphatic carbocycles. The summed E-state index contributed by atoms with van der Waals surface area (Å²) in [6.07, 6.45) is 0. The second-order valence-electron chi connectivity index (χ2n) is 6.50. The van der Waals surface area contributed by atoms with Gasteiger partial charge >= 0.3 is 0 Å². The molecule has 2 aromatic rings. The van der Waals surface area contributed by atoms with Crippen molar-refractivity contribution in [1.82, 2.24) is 0 Å². The highest BCUT2D eigenvalue weighted by Crippen LogP contribution is 2.35. The quantitative estimate of drug-likeness (QED) is 0.305. The zero-order chi connectivity index (χ0) is 22.3. The first-order valence-corrected chi connectivity index (χ1v) is 10.7. The van der Waals surface area contributed by atoms with Gasteiger partial charge in [0, 0.05) is 37.3 Å². The summed E-state index contributed by atoms with van der Waals surface area (Å²) < 4.78 is 0. The van der Waals surface area contributed by atoms with Crippen molar-refractivity contribution in [3.05, 3.63) is 47.5 Å². The number of carbonyl (C=O) groups excluding carboxylic acids is 2. The molecule has 0 aliphatic heterocycles. The molecule has 2 rings (SSSR count). The molecular formula is C22H26Cl2N4O2. The Morgan fingerprint density at radius 2 is 1.03 bits per heavy atom. The first kappa shape index (κ1) is 23.8. The summed E-state index contributed by atoms with van der Waals surface area (Å²) in [6.45, 7) is 11.1. The normalized spacial score (nSPS) is 11.0. The molecule has 2 aromatic carbocycles. The maximum atomic E-state index is 11.6. The van der Waals surface area contributed by atoms with Crippen LogP contribution in [-0.4, -0.2) is 36.7 Å². The topological polar surface area (TPSA) is 65.3 Å². The Morgan fingerprint density at radius 3 is 1.30 bits per heavy atom. The number of halogens is 2. The SMILES string of the molecule is CCN(CC)c1cc(C(=O)Cl)ccc1/N=N/c1ccc(C(=O)Cl)cc1N(CC)CC. The van der Waals surface area contributed by atoms with Crippen molar-refractivity contribution < 1.29 is 9.59 Å². The zero-order valence-electron chi connectivity index (χ0n) is 17.7. The van der Waals surface area contributed by atoms with E-state index >= 15 is 0 Å². The second kappa shape index (κ2) is 11.1. The van der Waals surface area contributed by atoms with Crippen LogP contribution in [0.15, 0.2) is 46.6 Å². The molecule has 0 heterocycles. The molecule has 0 spiro atoms. The third-order valence-electron chi connectivity index (χ3n) is 4.88. The van der Waals surface area contributed by atoms with Crippen molar-refractivity contribution >= 4 is 56.4 Å². The Morgan fingerprint density at radius 1 is 0.700 bits per heavy atom. The molecule has 0 aromatic heterocycles. The Kier molecular flexibility index (Phi) is 8.81. The lowest BCUT2D eigenvalue weighted by molar-refractivity contribution is 0.107. The van der Waals surface area contributed by atoms with E-state index in [9.17, 15) is 9.59 Å². The van der Waals surface area contributed by atoms with Gasteiger partial charge < -0.3 is 9.80 Å². The van der Waals surface area contributed by atoms with Gasteiger partial charge in [-0.1, -0.05) is 0 Å². The standard InChI is InChI=1S/C22H26Cl2N4O2/c1-5-27(6-2)19-13-15(21(23)29)9-11-17(19)25-26-18-12-10-16(22(24)30)14-20(18)28(7-3)8-4/h9-14H,5-8H2,1-4H3/b26-25+. The van der Waals surface area contributed by atoms with E-state index in [0.717, 1.165) is 37.6 Å². The van der Waals surface area contributed by atoms with Gasteiger partial charge in [-0.15, -0.1) is 10.2 Å². The maximum Gasteiger partial charge on any atom is 0.252 e. The average molecular weight is 449 g/mol. The van der Waals surface area contributed by atoms with Crippen LogP contribution in [0.4, 0.5) is 22.7 Å². The number of azo groups is 1. The summed E-state index contributed by atoms with van der Waals surface area (Å²) in [5.74, 6) is 0. The minimum Gasteiger partial charge on any atom is -0.370 e. The molecule has 0 saturated heterocycles. The van der Waals surface area contributed by atoms with Gasteiger partial charge in [-0.05, 0) is 87.3 Å². The Hall–Kier alpha value is -2.44. The van der Waals surface area contributed by atoms with Crippen LogP contribution in [-0.2, 0) is 0 Å². The second-order valence-corrected chi connectivity index (χ2v) is 7.19. The van der Waals surface area contributed by atoms with E-state index in [2.05, 4.69) is 20.0 Å². The minimum absolute atomic E-state index is 0.409. The van der Waals surface area contributed by atoms with Crippen LogP contribution in [0.3, 0.4) is 0 Å². The number of rotatable bonds is 10. The Balaban J connectivity index is 2.55. The third-order valence-corrected chi connectivity index (χ3v) is 5.31. The Bertz CT molecular complexity index is 863. The highest BCUT2D eigenvalue weighted by Gasteiger charge is 2.15. The van der Waals surface area contributed by atoms with E-state index < -0.39 is 10.5 Å². The molecule has 0 radical (unpaired) electrons. The van der Waals surface area contributed by atoms with Crippen LogP contribution < -0.4 is 9.80 Å². The van der Waals surface area contributed by atoms with Crippen molar-refractivity contribution in [3.63, 3.8) is 0 Å². The summed E-state index contributed by atoms with van der Waals surface area (Å²) >= 11 is 11.3. The van der Waals surface area contributed by atoms with Crippen LogP contribution >= 0.6 is 23.2 Å². The van der Waals surface area contributed by atoms with Crippen LogP contribution in [0.5, 0.6) is 0 Å². The Labute approximate surface area is 187 Å². The van der Waals surface area contributed by atoms with Gasteiger partial charge in [-0.25, -0.2) is 0 Å². The molecule has 0 N–H and O–H groups in total. The molecule has 0 bridgehead atoms. The maximum absolute atomic E-state index is 11.6. The lowest BCUT2D eigenvalue weighted by Crippen LogP contribution is -2.22. The fraction of sp³-hybridized carbons (Fsp3) is 0.364. The molecule has 160 valence electrons. The lowest BCUT2D eigenvalue weighted by Gasteiger charge is -2.23. The summed E-state index contributed by atoms with van der Waals surface area (Å²) in [5, 5.41) is 7.90. The number of carbonyl (C=O) groups is 2. The van der Waals surface area contributed by atoms with Gasteiger partial charge in [-0.3, -0.25) is 9.59 Å². The number of hydrogen-bond acceptors (Lipinski definition) is 6. The summed E-state index contributed by atoms with van der Waals surface area (Å²) in [7, 11) is 0. The lowest BCUT2D eigenvalue weighted by atomic mass is 10.1. The van der Waals surface area contributed by atoms with Crippen LogP contribution in [0.25, 0.3) is 0 Å². The highest BCUT2D eigenvalue weighted by atomic mass is 35.5. The fourth-order valence-electron chi connectivity index (χ4n) is 3.20. The highest BCUT2D eigenvalue weighted by molar-refractivity contribution is 6.68. The van der Waals surface area contributed by atoms with Gasteiger partial charge in [-0.2, -0.15) is 0 Å². The molecule has 0 amide bonds. The van der Waals surface area contributed by atoms with Crippen molar-refractivity contribution in [1.29, 1.82) is 0 Å². The predicted octanol–water partition coefficient (Wildman–Crippen LogP) is 6.55. The van der Waals surface area contributed by atoms with Crippen molar-refractivity contribution in [3.8, 4) is 0 Å². The summed E-state index contributed by atoms with van der Waals surface area (Å²) in [4.78, 5) is 27.4. The molecule has 8 heteroatoms. The summed E-state index contributed by atoms with van der Waals surface area (Å²) in [6, 6.07) is 10.2. The minimum atomic E-state index is -0.517. The van der Waals surface area contributed by atoms with E-state index in [4.69, 9.17) is 23.2 Å². The first-order valence-electron chi connectivity index (χ1n) is 9.95. The van der Waals surface area contributed by atoms with Crippen LogP contribution in [0.1, 0.15) is 48.4 Å². The van der Waals surface area contributed by atoms with Crippen LogP contribution in [0.2, 0.25) is 0 Å². The van der Waals surface area contributed by atoms with E-state index in [1.165, 1.54) is 0 Å². The number of hydrogen-bond donors (Lipinski definition) is 0. The van der Waals surface area contributed by atoms with E-state index in [1.807, 2.05) is 27.7 Å². The molecule has 0 fully saturated rings. The van der Waals surface area contributed by atoms with Gasteiger partial charge in [0.25, 0.3) is 10.5 Å². The molecule has 30 heavy (non-hydrogen) atoms. The van der Waals surface area contributed by atoms with Gasteiger partial charge in [0.2, 0.25) is 0 Å². The fourth-order valence-corrected chi connectivity index (χ4v) is 3.44. The van der Waals surface area contributed by atoms with Crippen molar-refractivity contribution in [2.45, 2.75) is 27.7 Å². The largest absolute Gasteiger partial charge is 0.370 e. The van der Waals surface area contributed by atoms with E-state index in [1.54, 1.807) is 36.4 Å². The predicted molar refractivity (Wildman–Crippen MR) is 125 cm³/mol. The molecule has 0 unspecified atom stereocenters. The van der Waals surface area contributed by atoms with Gasteiger partial charge in [0.1, 0.15) is 11.4 Å². The molecule has 6 nitrogen and oxygen atoms in total. The first-order chi connectivity index (χ1) is 14.4. The van der Waals surface area contributed by atoms with E-state index in [0.29, 0.717) is 22.5 Å². The summed E-state index contributed by atoms with van der Waals surface area (Å²) in [5.41, 5.74) is 3.64. The average Bonchev–Trinajstić information content (AvgIpc) is 2.74. The molecule has 0 atom stereocenters. The monoisotopic (exact) mass is 448 g/mol. The number of nitrogens with zero attached hydrogens (tertiary/aromatic N) is 4. The molecule has 0 saturated carbocycles. The van der Waals surface area contributed by atoms with Crippen LogP contribution in [0, 0.1) is 0 Å². The van der Waals surface area contributed by atoms with E-state index in [-0.39, 0.29) is 0 Å². The number of benzene rings is 2. The van der Waals surface area contributed by atoms with Crippen molar-refractivity contribution in [2.24, 2.45) is 10.2 Å². The molecule has 0 aliphatic rings. The zero-order valence-corrected chi connectivity index (χ0v) is 19.2.